The van der Waals surface area contributed by atoms with E-state index in [1.807, 2.05) is 31.4 Å². The zero-order valence-corrected chi connectivity index (χ0v) is 10.7. The highest BCUT2D eigenvalue weighted by atomic mass is 79.9. The summed E-state index contributed by atoms with van der Waals surface area (Å²) in [7, 11) is 0. The fraction of sp³-hybridized carbons (Fsp3) is 0.364. The van der Waals surface area contributed by atoms with Gasteiger partial charge in [0.1, 0.15) is 0 Å². The van der Waals surface area contributed by atoms with Crippen LogP contribution in [-0.2, 0) is 0 Å². The topological polar surface area (TPSA) is 17.1 Å². The van der Waals surface area contributed by atoms with E-state index >= 15 is 0 Å². The van der Waals surface area contributed by atoms with Gasteiger partial charge < -0.3 is 0 Å². The molecule has 1 nitrogen and oxygen atoms in total. The monoisotopic (exact) mass is 272 g/mol. The molecule has 0 spiro atoms. The summed E-state index contributed by atoms with van der Waals surface area (Å²) in [6, 6.07) is 5.79. The Kier molecular flexibility index (Phi) is 4.69. The smallest absolute Gasteiger partial charge is 0.163 e. The Hall–Kier alpha value is -0.280. The molecule has 0 atom stereocenters. The number of Topliss-reactive ketones (excluding diaryl/α,β-unsaturated/α-hetero) is 1. The van der Waals surface area contributed by atoms with Crippen molar-refractivity contribution in [3.63, 3.8) is 0 Å². The molecule has 0 aliphatic carbocycles. The van der Waals surface area contributed by atoms with Crippen LogP contribution in [0, 0.1) is 6.92 Å². The van der Waals surface area contributed by atoms with E-state index in [4.69, 9.17) is 0 Å². The van der Waals surface area contributed by atoms with Gasteiger partial charge in [0.15, 0.2) is 5.78 Å². The minimum Gasteiger partial charge on any atom is -0.294 e. The Morgan fingerprint density at radius 1 is 1.50 bits per heavy atom. The first-order chi connectivity index (χ1) is 6.65. The van der Waals surface area contributed by atoms with Crippen LogP contribution >= 0.6 is 27.7 Å². The van der Waals surface area contributed by atoms with Gasteiger partial charge in [-0.05, 0) is 30.9 Å². The number of benzene rings is 1. The van der Waals surface area contributed by atoms with E-state index in [-0.39, 0.29) is 5.78 Å². The molecule has 0 radical (unpaired) electrons. The quantitative estimate of drug-likeness (QED) is 0.778. The average Bonchev–Trinajstić information content (AvgIpc) is 2.14. The van der Waals surface area contributed by atoms with E-state index in [0.29, 0.717) is 6.42 Å². The fourth-order valence-electron chi connectivity index (χ4n) is 1.27. The van der Waals surface area contributed by atoms with Crippen LogP contribution in [0.2, 0.25) is 0 Å². The van der Waals surface area contributed by atoms with Crippen molar-refractivity contribution in [2.24, 2.45) is 0 Å². The van der Waals surface area contributed by atoms with E-state index in [1.165, 1.54) is 0 Å². The molecule has 0 heterocycles. The van der Waals surface area contributed by atoms with Gasteiger partial charge in [-0.15, -0.1) is 0 Å². The van der Waals surface area contributed by atoms with Crippen molar-refractivity contribution in [3.8, 4) is 0 Å². The Morgan fingerprint density at radius 3 is 2.79 bits per heavy atom. The Balaban J connectivity index is 2.80. The van der Waals surface area contributed by atoms with Crippen LogP contribution in [0.3, 0.4) is 0 Å². The number of ketones is 1. The van der Waals surface area contributed by atoms with E-state index in [2.05, 4.69) is 15.9 Å². The number of hydrogen-bond acceptors (Lipinski definition) is 2. The van der Waals surface area contributed by atoms with Crippen molar-refractivity contribution in [3.05, 3.63) is 33.8 Å². The Morgan fingerprint density at radius 2 is 2.21 bits per heavy atom. The zero-order valence-electron chi connectivity index (χ0n) is 8.34. The first-order valence-electron chi connectivity index (χ1n) is 4.43. The molecule has 1 rings (SSSR count). The lowest BCUT2D eigenvalue weighted by Crippen LogP contribution is -2.02. The van der Waals surface area contributed by atoms with Gasteiger partial charge in [-0.25, -0.2) is 0 Å². The van der Waals surface area contributed by atoms with Gasteiger partial charge in [0, 0.05) is 22.2 Å². The third-order valence-electron chi connectivity index (χ3n) is 2.02. The normalized spacial score (nSPS) is 10.2. The van der Waals surface area contributed by atoms with Crippen molar-refractivity contribution in [1.82, 2.24) is 0 Å². The number of aryl methyl sites for hydroxylation is 1. The van der Waals surface area contributed by atoms with E-state index < -0.39 is 0 Å². The van der Waals surface area contributed by atoms with Gasteiger partial charge in [0.05, 0.1) is 0 Å². The summed E-state index contributed by atoms with van der Waals surface area (Å²) < 4.78 is 1.02. The van der Waals surface area contributed by atoms with Crippen molar-refractivity contribution < 1.29 is 4.79 Å². The molecule has 0 fully saturated rings. The van der Waals surface area contributed by atoms with Gasteiger partial charge in [-0.2, -0.15) is 11.8 Å². The van der Waals surface area contributed by atoms with E-state index in [0.717, 1.165) is 21.4 Å². The summed E-state index contributed by atoms with van der Waals surface area (Å²) in [6.07, 6.45) is 2.64. The summed E-state index contributed by atoms with van der Waals surface area (Å²) in [5.74, 6) is 1.14. The Labute approximate surface area is 97.4 Å². The van der Waals surface area contributed by atoms with Crippen LogP contribution in [0.1, 0.15) is 22.3 Å². The molecule has 1 aromatic carbocycles. The SMILES string of the molecule is CSCCC(=O)c1ccc(Br)cc1C. The van der Waals surface area contributed by atoms with Crippen molar-refractivity contribution >= 4 is 33.5 Å². The first-order valence-corrected chi connectivity index (χ1v) is 6.62. The highest BCUT2D eigenvalue weighted by molar-refractivity contribution is 9.10. The molecule has 3 heteroatoms. The third kappa shape index (κ3) is 3.14. The third-order valence-corrected chi connectivity index (χ3v) is 3.13. The molecule has 76 valence electrons. The molecule has 1 aromatic rings. The summed E-state index contributed by atoms with van der Waals surface area (Å²) in [6.45, 7) is 1.97. The zero-order chi connectivity index (χ0) is 10.6. The van der Waals surface area contributed by atoms with Gasteiger partial charge in [0.2, 0.25) is 0 Å². The summed E-state index contributed by atoms with van der Waals surface area (Å²) in [5.41, 5.74) is 1.90. The Bertz CT molecular complexity index is 336. The molecule has 14 heavy (non-hydrogen) atoms. The maximum absolute atomic E-state index is 11.7. The molecule has 0 N–H and O–H groups in total. The van der Waals surface area contributed by atoms with E-state index in [9.17, 15) is 4.79 Å². The molecular weight excluding hydrogens is 260 g/mol. The van der Waals surface area contributed by atoms with Gasteiger partial charge in [-0.3, -0.25) is 4.79 Å². The minimum absolute atomic E-state index is 0.240. The van der Waals surface area contributed by atoms with Crippen molar-refractivity contribution in [1.29, 1.82) is 0 Å². The predicted octanol–water partition coefficient (Wildman–Crippen LogP) is 3.69. The highest BCUT2D eigenvalue weighted by Gasteiger charge is 2.08. The van der Waals surface area contributed by atoms with Crippen LogP contribution in [0.4, 0.5) is 0 Å². The predicted molar refractivity (Wildman–Crippen MR) is 66.2 cm³/mol. The minimum atomic E-state index is 0.240. The summed E-state index contributed by atoms with van der Waals surface area (Å²) >= 11 is 5.09. The number of carbonyl (C=O) groups is 1. The van der Waals surface area contributed by atoms with Crippen LogP contribution in [-0.4, -0.2) is 17.8 Å². The highest BCUT2D eigenvalue weighted by Crippen LogP contribution is 2.17. The molecule has 0 unspecified atom stereocenters. The molecule has 0 saturated carbocycles. The number of rotatable bonds is 4. The van der Waals surface area contributed by atoms with Crippen molar-refractivity contribution in [2.75, 3.05) is 12.0 Å². The summed E-state index contributed by atoms with van der Waals surface area (Å²) in [4.78, 5) is 11.7. The maximum Gasteiger partial charge on any atom is 0.163 e. The van der Waals surface area contributed by atoms with Gasteiger partial charge >= 0.3 is 0 Å². The largest absolute Gasteiger partial charge is 0.294 e. The van der Waals surface area contributed by atoms with Gasteiger partial charge in [0.25, 0.3) is 0 Å². The first kappa shape index (κ1) is 11.8. The molecule has 0 aliphatic rings. The number of halogens is 1. The van der Waals surface area contributed by atoms with Crippen LogP contribution in [0.5, 0.6) is 0 Å². The maximum atomic E-state index is 11.7. The molecule has 0 bridgehead atoms. The molecule has 0 aliphatic heterocycles. The second-order valence-electron chi connectivity index (χ2n) is 3.13. The van der Waals surface area contributed by atoms with E-state index in [1.54, 1.807) is 11.8 Å². The lowest BCUT2D eigenvalue weighted by Gasteiger charge is -2.04. The number of thioether (sulfide) groups is 1. The van der Waals surface area contributed by atoms with Crippen LogP contribution in [0.15, 0.2) is 22.7 Å². The molecule has 0 amide bonds. The second kappa shape index (κ2) is 5.56. The molecule has 0 aromatic heterocycles. The second-order valence-corrected chi connectivity index (χ2v) is 5.03. The number of hydrogen-bond donors (Lipinski definition) is 0. The van der Waals surface area contributed by atoms with Crippen LogP contribution in [0.25, 0.3) is 0 Å². The van der Waals surface area contributed by atoms with Gasteiger partial charge in [-0.1, -0.05) is 22.0 Å². The average molecular weight is 273 g/mol. The van der Waals surface area contributed by atoms with Crippen molar-refractivity contribution in [2.45, 2.75) is 13.3 Å². The lowest BCUT2D eigenvalue weighted by atomic mass is 10.0. The number of carbonyl (C=O) groups excluding carboxylic acids is 1. The van der Waals surface area contributed by atoms with Crippen LogP contribution < -0.4 is 0 Å². The fourth-order valence-corrected chi connectivity index (χ4v) is 2.13. The molecule has 0 saturated heterocycles. The molecular formula is C11H13BrOS. The standard InChI is InChI=1S/C11H13BrOS/c1-8-7-9(12)3-4-10(8)11(13)5-6-14-2/h3-4,7H,5-6H2,1-2H3. The lowest BCUT2D eigenvalue weighted by molar-refractivity contribution is 0.0989. The summed E-state index contributed by atoms with van der Waals surface area (Å²) in [5, 5.41) is 0.